The molecule has 3 nitrogen and oxygen atoms in total. The molecule has 0 saturated heterocycles. The van der Waals surface area contributed by atoms with Gasteiger partial charge in [0.2, 0.25) is 0 Å². The highest BCUT2D eigenvalue weighted by atomic mass is 15.2. The lowest BCUT2D eigenvalue weighted by atomic mass is 10.2. The van der Waals surface area contributed by atoms with Crippen molar-refractivity contribution in [1.29, 1.82) is 0 Å². The fourth-order valence-corrected chi connectivity index (χ4v) is 0.809. The molecule has 0 aromatic carbocycles. The molecular weight excluding hydrogens is 126 g/mol. The second kappa shape index (κ2) is 6.42. The molecule has 0 spiro atoms. The molecule has 0 aliphatic rings. The fourth-order valence-electron chi connectivity index (χ4n) is 0.809. The van der Waals surface area contributed by atoms with Crippen LogP contribution in [0.4, 0.5) is 0 Å². The molecule has 0 unspecified atom stereocenters. The zero-order valence-electron chi connectivity index (χ0n) is 6.78. The third kappa shape index (κ3) is 4.21. The third-order valence-electron chi connectivity index (χ3n) is 1.18. The van der Waals surface area contributed by atoms with Crippen LogP contribution in [0.1, 0.15) is 26.7 Å². The highest BCUT2D eigenvalue weighted by Crippen LogP contribution is 1.97. The number of hydrogen-bond donors (Lipinski definition) is 3. The minimum atomic E-state index is 0.952. The summed E-state index contributed by atoms with van der Waals surface area (Å²) in [4.78, 5) is 0. The Morgan fingerprint density at radius 2 is 2.20 bits per heavy atom. The molecule has 0 amide bonds. The number of hydrazine groups is 1. The Labute approximate surface area is 62.6 Å². The van der Waals surface area contributed by atoms with Crippen LogP contribution >= 0.6 is 0 Å². The minimum Gasteiger partial charge on any atom is -0.387 e. The van der Waals surface area contributed by atoms with E-state index < -0.39 is 0 Å². The largest absolute Gasteiger partial charge is 0.387 e. The molecule has 0 saturated carbocycles. The molecule has 0 aromatic heterocycles. The molecule has 0 radical (unpaired) electrons. The van der Waals surface area contributed by atoms with Crippen LogP contribution in [0.25, 0.3) is 0 Å². The van der Waals surface area contributed by atoms with E-state index in [0.717, 1.165) is 19.4 Å². The van der Waals surface area contributed by atoms with E-state index in [-0.39, 0.29) is 0 Å². The van der Waals surface area contributed by atoms with Crippen LogP contribution < -0.4 is 16.6 Å². The fraction of sp³-hybridized carbons (Fsp3) is 0.714. The maximum atomic E-state index is 5.12. The van der Waals surface area contributed by atoms with E-state index >= 15 is 0 Å². The Bertz CT molecular complexity index is 91.0. The summed E-state index contributed by atoms with van der Waals surface area (Å²) in [6.45, 7) is 5.16. The van der Waals surface area contributed by atoms with Gasteiger partial charge in [0.1, 0.15) is 0 Å². The first-order chi connectivity index (χ1) is 4.85. The van der Waals surface area contributed by atoms with E-state index in [0.29, 0.717) is 0 Å². The summed E-state index contributed by atoms with van der Waals surface area (Å²) >= 11 is 0. The molecule has 60 valence electrons. The zero-order chi connectivity index (χ0) is 7.82. The van der Waals surface area contributed by atoms with E-state index in [1.807, 2.05) is 0 Å². The second-order valence-corrected chi connectivity index (χ2v) is 2.12. The van der Waals surface area contributed by atoms with Crippen molar-refractivity contribution in [1.82, 2.24) is 10.7 Å². The molecule has 10 heavy (non-hydrogen) atoms. The van der Waals surface area contributed by atoms with Crippen molar-refractivity contribution in [2.75, 3.05) is 6.54 Å². The van der Waals surface area contributed by atoms with Gasteiger partial charge >= 0.3 is 0 Å². The minimum absolute atomic E-state index is 0.952. The van der Waals surface area contributed by atoms with Gasteiger partial charge in [-0.3, -0.25) is 5.84 Å². The van der Waals surface area contributed by atoms with Crippen molar-refractivity contribution in [3.05, 3.63) is 11.9 Å². The van der Waals surface area contributed by atoms with Crippen LogP contribution in [-0.2, 0) is 0 Å². The van der Waals surface area contributed by atoms with Crippen molar-refractivity contribution in [3.8, 4) is 0 Å². The summed E-state index contributed by atoms with van der Waals surface area (Å²) < 4.78 is 0. The van der Waals surface area contributed by atoms with Crippen LogP contribution in [0.5, 0.6) is 0 Å². The van der Waals surface area contributed by atoms with Gasteiger partial charge in [0.05, 0.1) is 0 Å². The number of hydrogen-bond acceptors (Lipinski definition) is 3. The molecule has 0 aliphatic carbocycles. The SMILES string of the molecule is CCC/C(=C\NN)NCC. The van der Waals surface area contributed by atoms with E-state index in [4.69, 9.17) is 5.84 Å². The van der Waals surface area contributed by atoms with E-state index in [1.54, 1.807) is 6.20 Å². The van der Waals surface area contributed by atoms with Crippen molar-refractivity contribution in [3.63, 3.8) is 0 Å². The summed E-state index contributed by atoms with van der Waals surface area (Å²) in [5, 5.41) is 3.20. The van der Waals surface area contributed by atoms with Gasteiger partial charge < -0.3 is 10.7 Å². The van der Waals surface area contributed by atoms with E-state index in [2.05, 4.69) is 24.6 Å². The summed E-state index contributed by atoms with van der Waals surface area (Å²) in [7, 11) is 0. The molecule has 0 aliphatic heterocycles. The van der Waals surface area contributed by atoms with Gasteiger partial charge in [-0.2, -0.15) is 0 Å². The van der Waals surface area contributed by atoms with Crippen LogP contribution in [0, 0.1) is 0 Å². The molecule has 0 rings (SSSR count). The summed E-state index contributed by atoms with van der Waals surface area (Å²) in [5.41, 5.74) is 3.69. The van der Waals surface area contributed by atoms with Crippen LogP contribution in [0.15, 0.2) is 11.9 Å². The standard InChI is InChI=1S/C7H17N3/c1-3-5-7(6-10-8)9-4-2/h6,9-10H,3-5,8H2,1-2H3/b7-6+. The summed E-state index contributed by atoms with van der Waals surface area (Å²) in [6, 6.07) is 0. The predicted octanol–water partition coefficient (Wildman–Crippen LogP) is 0.701. The first kappa shape index (κ1) is 9.30. The van der Waals surface area contributed by atoms with E-state index in [9.17, 15) is 0 Å². The van der Waals surface area contributed by atoms with Crippen molar-refractivity contribution < 1.29 is 0 Å². The lowest BCUT2D eigenvalue weighted by Gasteiger charge is -2.06. The maximum Gasteiger partial charge on any atom is 0.0312 e. The van der Waals surface area contributed by atoms with Crippen LogP contribution in [-0.4, -0.2) is 6.54 Å². The number of rotatable bonds is 5. The highest BCUT2D eigenvalue weighted by Gasteiger charge is 1.90. The molecule has 0 aromatic rings. The van der Waals surface area contributed by atoms with Gasteiger partial charge in [-0.15, -0.1) is 0 Å². The smallest absolute Gasteiger partial charge is 0.0312 e. The van der Waals surface area contributed by atoms with Crippen molar-refractivity contribution >= 4 is 0 Å². The monoisotopic (exact) mass is 143 g/mol. The lowest BCUT2D eigenvalue weighted by molar-refractivity contribution is 0.742. The Hall–Kier alpha value is -0.700. The molecule has 0 heterocycles. The van der Waals surface area contributed by atoms with Gasteiger partial charge in [0, 0.05) is 18.4 Å². The van der Waals surface area contributed by atoms with Crippen LogP contribution in [0.2, 0.25) is 0 Å². The number of allylic oxidation sites excluding steroid dienone is 1. The third-order valence-corrected chi connectivity index (χ3v) is 1.18. The Morgan fingerprint density at radius 3 is 2.60 bits per heavy atom. The normalized spacial score (nSPS) is 11.3. The van der Waals surface area contributed by atoms with Gasteiger partial charge in [0.25, 0.3) is 0 Å². The first-order valence-electron chi connectivity index (χ1n) is 3.74. The molecule has 4 N–H and O–H groups in total. The maximum absolute atomic E-state index is 5.12. The quantitative estimate of drug-likeness (QED) is 0.392. The molecule has 0 bridgehead atoms. The van der Waals surface area contributed by atoms with Crippen molar-refractivity contribution in [2.45, 2.75) is 26.7 Å². The van der Waals surface area contributed by atoms with Gasteiger partial charge in [-0.1, -0.05) is 13.3 Å². The van der Waals surface area contributed by atoms with Gasteiger partial charge in [0.15, 0.2) is 0 Å². The Kier molecular flexibility index (Phi) is 5.97. The average molecular weight is 143 g/mol. The van der Waals surface area contributed by atoms with Crippen LogP contribution in [0.3, 0.4) is 0 Å². The number of nitrogens with one attached hydrogen (secondary N) is 2. The predicted molar refractivity (Wildman–Crippen MR) is 44.0 cm³/mol. The zero-order valence-corrected chi connectivity index (χ0v) is 6.78. The molecule has 0 fully saturated rings. The average Bonchev–Trinajstić information content (AvgIpc) is 1.90. The molecular formula is C7H17N3. The van der Waals surface area contributed by atoms with Crippen molar-refractivity contribution in [2.24, 2.45) is 5.84 Å². The topological polar surface area (TPSA) is 50.1 Å². The summed E-state index contributed by atoms with van der Waals surface area (Å²) in [5.74, 6) is 5.12. The first-order valence-corrected chi connectivity index (χ1v) is 3.74. The lowest BCUT2D eigenvalue weighted by Crippen LogP contribution is -2.20. The summed E-state index contributed by atoms with van der Waals surface area (Å²) in [6.07, 6.45) is 3.99. The molecule has 0 atom stereocenters. The Morgan fingerprint density at radius 1 is 1.50 bits per heavy atom. The number of nitrogens with two attached hydrogens (primary N) is 1. The Balaban J connectivity index is 3.60. The highest BCUT2D eigenvalue weighted by molar-refractivity contribution is 4.96. The van der Waals surface area contributed by atoms with Gasteiger partial charge in [-0.25, -0.2) is 0 Å². The second-order valence-electron chi connectivity index (χ2n) is 2.12. The van der Waals surface area contributed by atoms with E-state index in [1.165, 1.54) is 5.70 Å². The molecule has 3 heteroatoms. The van der Waals surface area contributed by atoms with Gasteiger partial charge in [-0.05, 0) is 13.3 Å².